The van der Waals surface area contributed by atoms with Gasteiger partial charge in [0.05, 0.1) is 33.0 Å². The molecule has 0 aliphatic carbocycles. The fourth-order valence-electron chi connectivity index (χ4n) is 1.88. The van der Waals surface area contributed by atoms with Gasteiger partial charge < -0.3 is 29.7 Å². The fourth-order valence-corrected chi connectivity index (χ4v) is 1.88. The molecule has 2 unspecified atom stereocenters. The van der Waals surface area contributed by atoms with E-state index in [2.05, 4.69) is 11.9 Å². The summed E-state index contributed by atoms with van der Waals surface area (Å²) in [6.07, 6.45) is 1.05. The van der Waals surface area contributed by atoms with E-state index in [-0.39, 0.29) is 19.3 Å². The molecule has 1 aromatic rings. The summed E-state index contributed by atoms with van der Waals surface area (Å²) in [4.78, 5) is 0. The van der Waals surface area contributed by atoms with Crippen molar-refractivity contribution in [1.82, 2.24) is 5.32 Å². The van der Waals surface area contributed by atoms with Crippen LogP contribution in [0.4, 0.5) is 0 Å². The van der Waals surface area contributed by atoms with Crippen LogP contribution in [0, 0.1) is 0 Å². The summed E-state index contributed by atoms with van der Waals surface area (Å²) in [5.41, 5.74) is 0.921. The Morgan fingerprint density at radius 2 is 2.00 bits per heavy atom. The molecule has 0 heterocycles. The van der Waals surface area contributed by atoms with Gasteiger partial charge in [0, 0.05) is 18.2 Å². The molecule has 0 amide bonds. The summed E-state index contributed by atoms with van der Waals surface area (Å²) in [5.74, 6) is 0.693. The molecule has 6 nitrogen and oxygen atoms in total. The molecule has 1 aromatic carbocycles. The van der Waals surface area contributed by atoms with Crippen LogP contribution in [0.15, 0.2) is 36.9 Å². The van der Waals surface area contributed by atoms with Crippen molar-refractivity contribution in [1.29, 1.82) is 0 Å². The van der Waals surface area contributed by atoms with Gasteiger partial charge in [-0.3, -0.25) is 0 Å². The van der Waals surface area contributed by atoms with Gasteiger partial charge in [-0.25, -0.2) is 0 Å². The lowest BCUT2D eigenvalue weighted by atomic mass is 10.2. The number of para-hydroxylation sites is 1. The van der Waals surface area contributed by atoms with Crippen LogP contribution in [0.25, 0.3) is 0 Å². The Labute approximate surface area is 144 Å². The zero-order chi connectivity index (χ0) is 17.6. The number of ether oxygens (including phenoxy) is 3. The van der Waals surface area contributed by atoms with E-state index in [1.54, 1.807) is 6.08 Å². The first-order valence-electron chi connectivity index (χ1n) is 8.16. The molecule has 0 saturated carbocycles. The number of nitrogens with one attached hydrogen (secondary N) is 1. The maximum atomic E-state index is 9.92. The second kappa shape index (κ2) is 12.9. The van der Waals surface area contributed by atoms with Gasteiger partial charge in [0.25, 0.3) is 0 Å². The maximum absolute atomic E-state index is 9.92. The topological polar surface area (TPSA) is 80.2 Å². The smallest absolute Gasteiger partial charge is 0.124 e. The van der Waals surface area contributed by atoms with Gasteiger partial charge >= 0.3 is 0 Å². The Balaban J connectivity index is 2.33. The molecule has 0 radical (unpaired) electrons. The number of hydrogen-bond donors (Lipinski definition) is 3. The summed E-state index contributed by atoms with van der Waals surface area (Å²) >= 11 is 0. The fraction of sp³-hybridized carbons (Fsp3) is 0.556. The minimum absolute atomic E-state index is 0.0320. The Hall–Kier alpha value is -1.44. The SMILES string of the molecule is C=CCOCCOCc1ccccc1OCC(O)CNC(C)CO. The van der Waals surface area contributed by atoms with Crippen LogP contribution in [0.3, 0.4) is 0 Å². The molecule has 0 fully saturated rings. The summed E-state index contributed by atoms with van der Waals surface area (Å²) in [7, 11) is 0. The highest BCUT2D eigenvalue weighted by Crippen LogP contribution is 2.19. The van der Waals surface area contributed by atoms with Crippen molar-refractivity contribution in [3.8, 4) is 5.75 Å². The predicted octanol–water partition coefficient (Wildman–Crippen LogP) is 1.12. The van der Waals surface area contributed by atoms with Gasteiger partial charge in [0.1, 0.15) is 18.5 Å². The first-order chi connectivity index (χ1) is 11.7. The third-order valence-corrected chi connectivity index (χ3v) is 3.24. The monoisotopic (exact) mass is 339 g/mol. The first-order valence-corrected chi connectivity index (χ1v) is 8.16. The van der Waals surface area contributed by atoms with Crippen LogP contribution >= 0.6 is 0 Å². The van der Waals surface area contributed by atoms with Crippen LogP contribution in [0.1, 0.15) is 12.5 Å². The summed E-state index contributed by atoms with van der Waals surface area (Å²) in [6.45, 7) is 7.94. The number of aliphatic hydroxyl groups excluding tert-OH is 2. The Kier molecular flexibility index (Phi) is 11.1. The molecule has 3 N–H and O–H groups in total. The summed E-state index contributed by atoms with van der Waals surface area (Å²) in [5, 5.41) is 21.9. The van der Waals surface area contributed by atoms with Crippen molar-refractivity contribution < 1.29 is 24.4 Å². The lowest BCUT2D eigenvalue weighted by Crippen LogP contribution is -2.38. The molecule has 2 atom stereocenters. The average molecular weight is 339 g/mol. The van der Waals surface area contributed by atoms with Gasteiger partial charge in [-0.2, -0.15) is 0 Å². The predicted molar refractivity (Wildman–Crippen MR) is 93.2 cm³/mol. The van der Waals surface area contributed by atoms with Crippen LogP contribution in [-0.2, 0) is 16.1 Å². The lowest BCUT2D eigenvalue weighted by molar-refractivity contribution is 0.0485. The van der Waals surface area contributed by atoms with E-state index in [4.69, 9.17) is 19.3 Å². The van der Waals surface area contributed by atoms with Crippen molar-refractivity contribution in [2.75, 3.05) is 39.6 Å². The molecular weight excluding hydrogens is 310 g/mol. The molecule has 0 bridgehead atoms. The van der Waals surface area contributed by atoms with Crippen LogP contribution in [-0.4, -0.2) is 61.9 Å². The minimum Gasteiger partial charge on any atom is -0.490 e. The molecule has 0 saturated heterocycles. The Morgan fingerprint density at radius 3 is 2.75 bits per heavy atom. The van der Waals surface area contributed by atoms with E-state index in [9.17, 15) is 5.11 Å². The first kappa shape index (κ1) is 20.6. The molecule has 0 spiro atoms. The van der Waals surface area contributed by atoms with Crippen LogP contribution in [0.5, 0.6) is 5.75 Å². The van der Waals surface area contributed by atoms with Crippen molar-refractivity contribution in [2.45, 2.75) is 25.7 Å². The molecule has 0 aliphatic heterocycles. The third-order valence-electron chi connectivity index (χ3n) is 3.24. The number of rotatable bonds is 14. The lowest BCUT2D eigenvalue weighted by Gasteiger charge is -2.17. The maximum Gasteiger partial charge on any atom is 0.124 e. The third kappa shape index (κ3) is 9.00. The molecule has 0 aliphatic rings. The largest absolute Gasteiger partial charge is 0.490 e. The van der Waals surface area contributed by atoms with Crippen molar-refractivity contribution in [2.24, 2.45) is 0 Å². The number of benzene rings is 1. The Morgan fingerprint density at radius 1 is 1.25 bits per heavy atom. The molecule has 6 heteroatoms. The van der Waals surface area contributed by atoms with Crippen LogP contribution < -0.4 is 10.1 Å². The second-order valence-corrected chi connectivity index (χ2v) is 5.48. The van der Waals surface area contributed by atoms with E-state index in [0.29, 0.717) is 38.7 Å². The molecule has 24 heavy (non-hydrogen) atoms. The molecule has 1 rings (SSSR count). The average Bonchev–Trinajstić information content (AvgIpc) is 2.61. The van der Waals surface area contributed by atoms with Crippen molar-refractivity contribution in [3.05, 3.63) is 42.5 Å². The Bertz CT molecular complexity index is 455. The van der Waals surface area contributed by atoms with Gasteiger partial charge in [0.2, 0.25) is 0 Å². The standard InChI is InChI=1S/C18H29NO5/c1-3-8-22-9-10-23-13-16-6-4-5-7-18(16)24-14-17(21)11-19-15(2)12-20/h3-7,15,17,19-21H,1,8-14H2,2H3. The minimum atomic E-state index is -0.653. The van der Waals surface area contributed by atoms with Gasteiger partial charge in [-0.05, 0) is 13.0 Å². The van der Waals surface area contributed by atoms with Crippen molar-refractivity contribution in [3.63, 3.8) is 0 Å². The van der Waals surface area contributed by atoms with E-state index in [0.717, 1.165) is 5.56 Å². The molecular formula is C18H29NO5. The van der Waals surface area contributed by atoms with E-state index in [1.807, 2.05) is 31.2 Å². The highest BCUT2D eigenvalue weighted by Gasteiger charge is 2.09. The highest BCUT2D eigenvalue weighted by atomic mass is 16.5. The van der Waals surface area contributed by atoms with E-state index in [1.165, 1.54) is 0 Å². The molecule has 0 aromatic heterocycles. The molecule has 136 valence electrons. The quantitative estimate of drug-likeness (QED) is 0.348. The second-order valence-electron chi connectivity index (χ2n) is 5.48. The normalized spacial score (nSPS) is 13.5. The summed E-state index contributed by atoms with van der Waals surface area (Å²) in [6, 6.07) is 7.52. The number of aliphatic hydroxyl groups is 2. The zero-order valence-corrected chi connectivity index (χ0v) is 14.3. The van der Waals surface area contributed by atoms with E-state index >= 15 is 0 Å². The highest BCUT2D eigenvalue weighted by molar-refractivity contribution is 5.32. The van der Waals surface area contributed by atoms with E-state index < -0.39 is 6.10 Å². The van der Waals surface area contributed by atoms with Gasteiger partial charge in [-0.1, -0.05) is 24.3 Å². The van der Waals surface area contributed by atoms with Gasteiger partial charge in [-0.15, -0.1) is 6.58 Å². The number of hydrogen-bond acceptors (Lipinski definition) is 6. The van der Waals surface area contributed by atoms with Crippen molar-refractivity contribution >= 4 is 0 Å². The summed E-state index contributed by atoms with van der Waals surface area (Å²) < 4.78 is 16.5. The van der Waals surface area contributed by atoms with Gasteiger partial charge in [0.15, 0.2) is 0 Å². The zero-order valence-electron chi connectivity index (χ0n) is 14.3. The van der Waals surface area contributed by atoms with Crippen LogP contribution in [0.2, 0.25) is 0 Å².